The lowest BCUT2D eigenvalue weighted by Crippen LogP contribution is -2.58. The Morgan fingerprint density at radius 1 is 1.31 bits per heavy atom. The standard InChI is InChI=1S/C9H15IN2O/c10-8-7(11-12-13)6-9(8)4-2-1-3-5-9/h7-8H,1-6H2,(H,11,13). The van der Waals surface area contributed by atoms with E-state index < -0.39 is 0 Å². The van der Waals surface area contributed by atoms with Gasteiger partial charge in [0.15, 0.2) is 0 Å². The Morgan fingerprint density at radius 2 is 2.00 bits per heavy atom. The predicted molar refractivity (Wildman–Crippen MR) is 60.7 cm³/mol. The van der Waals surface area contributed by atoms with Crippen LogP contribution in [0.15, 0.2) is 5.29 Å². The average molecular weight is 294 g/mol. The molecule has 0 radical (unpaired) electrons. The second-order valence-corrected chi connectivity index (χ2v) is 5.70. The third-order valence-corrected chi connectivity index (χ3v) is 5.82. The number of halogens is 1. The molecule has 2 saturated carbocycles. The molecule has 74 valence electrons. The van der Waals surface area contributed by atoms with Gasteiger partial charge in [0.2, 0.25) is 0 Å². The summed E-state index contributed by atoms with van der Waals surface area (Å²) in [6.07, 6.45) is 8.03. The van der Waals surface area contributed by atoms with Gasteiger partial charge in [0.1, 0.15) is 0 Å². The molecule has 0 bridgehead atoms. The Morgan fingerprint density at radius 3 is 2.54 bits per heavy atom. The number of nitrogens with one attached hydrogen (secondary N) is 1. The molecular weight excluding hydrogens is 279 g/mol. The molecule has 2 aliphatic rings. The number of rotatable bonds is 2. The molecule has 1 spiro atoms. The lowest BCUT2D eigenvalue weighted by molar-refractivity contribution is 0.0585. The van der Waals surface area contributed by atoms with Gasteiger partial charge in [-0.2, -0.15) is 0 Å². The van der Waals surface area contributed by atoms with E-state index in [0.29, 0.717) is 15.4 Å². The van der Waals surface area contributed by atoms with Gasteiger partial charge in [-0.15, -0.1) is 4.91 Å². The van der Waals surface area contributed by atoms with E-state index >= 15 is 0 Å². The maximum Gasteiger partial charge on any atom is 0.0600 e. The Hall–Kier alpha value is 0.130. The highest BCUT2D eigenvalue weighted by Gasteiger charge is 2.52. The largest absolute Gasteiger partial charge is 0.270 e. The highest BCUT2D eigenvalue weighted by atomic mass is 127. The van der Waals surface area contributed by atoms with Crippen LogP contribution >= 0.6 is 22.6 Å². The molecule has 0 saturated heterocycles. The number of alkyl halides is 1. The lowest BCUT2D eigenvalue weighted by atomic mass is 9.58. The van der Waals surface area contributed by atoms with Crippen molar-refractivity contribution in [3.8, 4) is 0 Å². The minimum Gasteiger partial charge on any atom is -0.270 e. The van der Waals surface area contributed by atoms with Crippen molar-refractivity contribution in [3.05, 3.63) is 4.91 Å². The summed E-state index contributed by atoms with van der Waals surface area (Å²) in [6.45, 7) is 0. The highest BCUT2D eigenvalue weighted by Crippen LogP contribution is 2.55. The molecule has 0 aliphatic heterocycles. The molecule has 2 aliphatic carbocycles. The van der Waals surface area contributed by atoms with Gasteiger partial charge in [-0.1, -0.05) is 41.9 Å². The number of nitrogens with zero attached hydrogens (tertiary/aromatic N) is 1. The zero-order valence-electron chi connectivity index (χ0n) is 7.63. The van der Waals surface area contributed by atoms with Crippen LogP contribution in [0.5, 0.6) is 0 Å². The van der Waals surface area contributed by atoms with Crippen LogP contribution in [0, 0.1) is 10.3 Å². The summed E-state index contributed by atoms with van der Waals surface area (Å²) >= 11 is 2.49. The van der Waals surface area contributed by atoms with Crippen molar-refractivity contribution in [1.29, 1.82) is 0 Å². The van der Waals surface area contributed by atoms with E-state index in [0.717, 1.165) is 6.42 Å². The summed E-state index contributed by atoms with van der Waals surface area (Å²) in [5, 5.41) is 2.78. The minimum atomic E-state index is 0.344. The van der Waals surface area contributed by atoms with E-state index in [4.69, 9.17) is 0 Å². The van der Waals surface area contributed by atoms with Crippen LogP contribution in [0.3, 0.4) is 0 Å². The van der Waals surface area contributed by atoms with Crippen molar-refractivity contribution in [2.24, 2.45) is 10.7 Å². The van der Waals surface area contributed by atoms with Crippen molar-refractivity contribution in [2.75, 3.05) is 0 Å². The maximum atomic E-state index is 10.1. The fourth-order valence-electron chi connectivity index (χ4n) is 2.83. The first-order valence-electron chi connectivity index (χ1n) is 5.00. The predicted octanol–water partition coefficient (Wildman–Crippen LogP) is 2.78. The first kappa shape index (κ1) is 9.68. The molecule has 13 heavy (non-hydrogen) atoms. The van der Waals surface area contributed by atoms with Crippen LogP contribution in [0.2, 0.25) is 0 Å². The fourth-order valence-corrected chi connectivity index (χ4v) is 4.13. The van der Waals surface area contributed by atoms with Gasteiger partial charge in [-0.25, -0.2) is 0 Å². The monoisotopic (exact) mass is 294 g/mol. The van der Waals surface area contributed by atoms with E-state index in [9.17, 15) is 4.91 Å². The Kier molecular flexibility index (Phi) is 2.76. The average Bonchev–Trinajstić information content (AvgIpc) is 2.19. The summed E-state index contributed by atoms with van der Waals surface area (Å²) in [5.74, 6) is 0. The molecule has 3 nitrogen and oxygen atoms in total. The van der Waals surface area contributed by atoms with E-state index in [-0.39, 0.29) is 0 Å². The van der Waals surface area contributed by atoms with E-state index in [2.05, 4.69) is 33.3 Å². The molecule has 2 atom stereocenters. The fraction of sp³-hybridized carbons (Fsp3) is 1.00. The van der Waals surface area contributed by atoms with Crippen LogP contribution in [0.1, 0.15) is 38.5 Å². The molecule has 4 heteroatoms. The Labute approximate surface area is 92.1 Å². The van der Waals surface area contributed by atoms with Crippen LogP contribution < -0.4 is 5.43 Å². The molecule has 0 aromatic rings. The van der Waals surface area contributed by atoms with Crippen LogP contribution in [-0.4, -0.2) is 9.97 Å². The number of hydrogen-bond donors (Lipinski definition) is 1. The van der Waals surface area contributed by atoms with Gasteiger partial charge < -0.3 is 0 Å². The topological polar surface area (TPSA) is 41.5 Å². The third kappa shape index (κ3) is 1.57. The third-order valence-electron chi connectivity index (χ3n) is 3.63. The van der Waals surface area contributed by atoms with Crippen LogP contribution in [-0.2, 0) is 0 Å². The molecule has 0 heterocycles. The van der Waals surface area contributed by atoms with Crippen molar-refractivity contribution in [2.45, 2.75) is 48.5 Å². The first-order chi connectivity index (χ1) is 6.28. The van der Waals surface area contributed by atoms with Crippen molar-refractivity contribution in [1.82, 2.24) is 5.43 Å². The summed E-state index contributed by atoms with van der Waals surface area (Å²) in [6, 6.07) is 0.344. The van der Waals surface area contributed by atoms with E-state index in [1.54, 1.807) is 0 Å². The van der Waals surface area contributed by atoms with Gasteiger partial charge in [0.05, 0.1) is 6.04 Å². The molecule has 1 N–H and O–H groups in total. The maximum absolute atomic E-state index is 10.1. The molecule has 2 rings (SSSR count). The van der Waals surface area contributed by atoms with Crippen molar-refractivity contribution in [3.63, 3.8) is 0 Å². The molecule has 0 aromatic heterocycles. The second kappa shape index (κ2) is 3.71. The summed E-state index contributed by atoms with van der Waals surface area (Å²) in [4.78, 5) is 10.1. The Bertz CT molecular complexity index is 204. The molecule has 0 amide bonds. The lowest BCUT2D eigenvalue weighted by Gasteiger charge is -2.54. The zero-order chi connectivity index (χ0) is 9.31. The number of nitroso groups, excluding NO2 is 1. The van der Waals surface area contributed by atoms with Crippen LogP contribution in [0.4, 0.5) is 0 Å². The van der Waals surface area contributed by atoms with Gasteiger partial charge in [-0.05, 0) is 24.7 Å². The molecule has 0 aromatic carbocycles. The molecular formula is C9H15IN2O. The SMILES string of the molecule is O=NNC1CC2(CCCCC2)C1I. The highest BCUT2D eigenvalue weighted by molar-refractivity contribution is 14.1. The normalized spacial score (nSPS) is 36.7. The summed E-state index contributed by atoms with van der Waals surface area (Å²) < 4.78 is 0.614. The zero-order valence-corrected chi connectivity index (χ0v) is 9.79. The quantitative estimate of drug-likeness (QED) is 0.368. The smallest absolute Gasteiger partial charge is 0.0600 e. The number of hydrogen-bond acceptors (Lipinski definition) is 2. The van der Waals surface area contributed by atoms with E-state index in [1.807, 2.05) is 0 Å². The van der Waals surface area contributed by atoms with E-state index in [1.165, 1.54) is 32.1 Å². The minimum absolute atomic E-state index is 0.344. The van der Waals surface area contributed by atoms with Gasteiger partial charge in [0, 0.05) is 9.21 Å². The molecule has 2 fully saturated rings. The summed E-state index contributed by atoms with van der Waals surface area (Å²) in [5.41, 5.74) is 3.22. The Balaban J connectivity index is 1.92. The second-order valence-electron chi connectivity index (χ2n) is 4.36. The van der Waals surface area contributed by atoms with Crippen LogP contribution in [0.25, 0.3) is 0 Å². The van der Waals surface area contributed by atoms with Gasteiger partial charge >= 0.3 is 0 Å². The van der Waals surface area contributed by atoms with Crippen molar-refractivity contribution >= 4 is 22.6 Å². The van der Waals surface area contributed by atoms with Gasteiger partial charge in [-0.3, -0.25) is 5.43 Å². The summed E-state index contributed by atoms with van der Waals surface area (Å²) in [7, 11) is 0. The van der Waals surface area contributed by atoms with Crippen molar-refractivity contribution < 1.29 is 0 Å². The molecule has 2 unspecified atom stereocenters. The first-order valence-corrected chi connectivity index (χ1v) is 6.25. The van der Waals surface area contributed by atoms with Gasteiger partial charge in [0.25, 0.3) is 0 Å².